The van der Waals surface area contributed by atoms with E-state index in [1.807, 2.05) is 0 Å². The molecular weight excluding hydrogens is 254 g/mol. The minimum Gasteiger partial charge on any atom is -0.311 e. The maximum absolute atomic E-state index is 3.71. The van der Waals surface area contributed by atoms with Crippen LogP contribution in [-0.2, 0) is 0 Å². The van der Waals surface area contributed by atoms with E-state index in [9.17, 15) is 0 Å². The molecule has 0 saturated heterocycles. The molecule has 0 aromatic carbocycles. The first-order chi connectivity index (χ1) is 10.4. The van der Waals surface area contributed by atoms with E-state index in [4.69, 9.17) is 0 Å². The van der Waals surface area contributed by atoms with Crippen molar-refractivity contribution in [2.45, 2.75) is 110 Å². The predicted octanol–water partition coefficient (Wildman–Crippen LogP) is 6.39. The summed E-state index contributed by atoms with van der Waals surface area (Å²) in [7, 11) is 0. The minimum atomic E-state index is 0.680. The van der Waals surface area contributed by atoms with Gasteiger partial charge >= 0.3 is 0 Å². The lowest BCUT2D eigenvalue weighted by atomic mass is 9.90. The Labute approximate surface area is 134 Å². The number of likely N-dealkylation sites (N-methyl/N-ethyl adjacent to an activating group) is 1. The molecule has 0 aliphatic heterocycles. The highest BCUT2D eigenvalue weighted by molar-refractivity contribution is 5.13. The van der Waals surface area contributed by atoms with Gasteiger partial charge in [-0.3, -0.25) is 0 Å². The van der Waals surface area contributed by atoms with Crippen LogP contribution >= 0.6 is 0 Å². The van der Waals surface area contributed by atoms with Crippen molar-refractivity contribution in [1.82, 2.24) is 5.32 Å². The molecule has 0 spiro atoms. The van der Waals surface area contributed by atoms with Crippen molar-refractivity contribution in [2.75, 3.05) is 6.54 Å². The highest BCUT2D eigenvalue weighted by Gasteiger charge is 2.14. The molecule has 0 amide bonds. The zero-order chi connectivity index (χ0) is 15.2. The first kappa shape index (κ1) is 18.7. The monoisotopic (exact) mass is 293 g/mol. The van der Waals surface area contributed by atoms with Crippen molar-refractivity contribution < 1.29 is 0 Å². The average Bonchev–Trinajstić information content (AvgIpc) is 2.53. The fraction of sp³-hybridized carbons (Fsp3) is 0.900. The smallest absolute Gasteiger partial charge is 0.0279 e. The van der Waals surface area contributed by atoms with E-state index in [-0.39, 0.29) is 0 Å². The van der Waals surface area contributed by atoms with Crippen LogP contribution in [0, 0.1) is 0 Å². The molecule has 0 bridgehead atoms. The molecule has 0 aromatic rings. The highest BCUT2D eigenvalue weighted by atomic mass is 14.9. The van der Waals surface area contributed by atoms with Crippen LogP contribution in [0.3, 0.4) is 0 Å². The van der Waals surface area contributed by atoms with Gasteiger partial charge in [-0.2, -0.15) is 0 Å². The van der Waals surface area contributed by atoms with E-state index < -0.39 is 0 Å². The second kappa shape index (κ2) is 13.4. The van der Waals surface area contributed by atoms with E-state index in [2.05, 4.69) is 25.2 Å². The summed E-state index contributed by atoms with van der Waals surface area (Å²) in [5.41, 5.74) is 1.71. The summed E-state index contributed by atoms with van der Waals surface area (Å²) in [6, 6.07) is 0.680. The zero-order valence-corrected chi connectivity index (χ0v) is 14.8. The Hall–Kier alpha value is -0.300. The number of allylic oxidation sites excluding steroid dienone is 1. The first-order valence-electron chi connectivity index (χ1n) is 9.80. The third kappa shape index (κ3) is 9.34. The Morgan fingerprint density at radius 1 is 0.905 bits per heavy atom. The van der Waals surface area contributed by atoms with Crippen LogP contribution in [0.1, 0.15) is 104 Å². The van der Waals surface area contributed by atoms with Gasteiger partial charge in [-0.1, -0.05) is 83.3 Å². The van der Waals surface area contributed by atoms with Crippen molar-refractivity contribution in [2.24, 2.45) is 0 Å². The molecule has 1 rings (SSSR count). The maximum Gasteiger partial charge on any atom is 0.0279 e. The van der Waals surface area contributed by atoms with Gasteiger partial charge in [0.2, 0.25) is 0 Å². The molecule has 0 aromatic heterocycles. The topological polar surface area (TPSA) is 12.0 Å². The lowest BCUT2D eigenvalue weighted by Gasteiger charge is -2.24. The van der Waals surface area contributed by atoms with Crippen molar-refractivity contribution in [3.05, 3.63) is 11.6 Å². The predicted molar refractivity (Wildman–Crippen MR) is 95.9 cm³/mol. The number of unbranched alkanes of at least 4 members (excludes halogenated alkanes) is 8. The molecule has 0 heterocycles. The van der Waals surface area contributed by atoms with Crippen molar-refractivity contribution in [3.8, 4) is 0 Å². The average molecular weight is 294 g/mol. The Kier molecular flexibility index (Phi) is 11.9. The number of rotatable bonds is 13. The van der Waals surface area contributed by atoms with Crippen LogP contribution in [0.15, 0.2) is 11.6 Å². The van der Waals surface area contributed by atoms with Crippen molar-refractivity contribution >= 4 is 0 Å². The Bertz CT molecular complexity index is 257. The van der Waals surface area contributed by atoms with Crippen LogP contribution in [-0.4, -0.2) is 12.6 Å². The Morgan fingerprint density at radius 3 is 2.14 bits per heavy atom. The second-order valence-electron chi connectivity index (χ2n) is 6.75. The van der Waals surface area contributed by atoms with Gasteiger partial charge in [-0.15, -0.1) is 0 Å². The molecule has 124 valence electrons. The second-order valence-corrected chi connectivity index (χ2v) is 6.75. The molecule has 0 radical (unpaired) electrons. The van der Waals surface area contributed by atoms with E-state index >= 15 is 0 Å². The standard InChI is InChI=1S/C20H39N/c1-3-5-6-7-8-9-10-11-15-18-20(21-4-2)19-16-13-12-14-17-19/h16,20-21H,3-15,17-18H2,1-2H3. The van der Waals surface area contributed by atoms with Crippen LogP contribution < -0.4 is 5.32 Å². The van der Waals surface area contributed by atoms with Gasteiger partial charge in [-0.25, -0.2) is 0 Å². The van der Waals surface area contributed by atoms with Gasteiger partial charge in [0, 0.05) is 6.04 Å². The molecule has 1 aliphatic carbocycles. The molecule has 0 fully saturated rings. The van der Waals surface area contributed by atoms with Crippen LogP contribution in [0.5, 0.6) is 0 Å². The van der Waals surface area contributed by atoms with Crippen LogP contribution in [0.4, 0.5) is 0 Å². The third-order valence-corrected chi connectivity index (χ3v) is 4.82. The van der Waals surface area contributed by atoms with Gasteiger partial charge in [0.25, 0.3) is 0 Å². The highest BCUT2D eigenvalue weighted by Crippen LogP contribution is 2.23. The summed E-state index contributed by atoms with van der Waals surface area (Å²) < 4.78 is 0. The lowest BCUT2D eigenvalue weighted by Crippen LogP contribution is -2.31. The van der Waals surface area contributed by atoms with Gasteiger partial charge < -0.3 is 5.32 Å². The molecule has 1 unspecified atom stereocenters. The fourth-order valence-corrected chi connectivity index (χ4v) is 3.50. The molecular formula is C20H39N. The van der Waals surface area contributed by atoms with E-state index in [1.165, 1.54) is 89.9 Å². The molecule has 1 nitrogen and oxygen atoms in total. The number of hydrogen-bond acceptors (Lipinski definition) is 1. The summed E-state index contributed by atoms with van der Waals surface area (Å²) in [4.78, 5) is 0. The number of nitrogens with one attached hydrogen (secondary N) is 1. The van der Waals surface area contributed by atoms with Gasteiger partial charge in [0.05, 0.1) is 0 Å². The summed E-state index contributed by atoms with van der Waals surface area (Å²) in [6.45, 7) is 5.65. The van der Waals surface area contributed by atoms with E-state index in [0.29, 0.717) is 6.04 Å². The minimum absolute atomic E-state index is 0.680. The van der Waals surface area contributed by atoms with Gasteiger partial charge in [-0.05, 0) is 38.6 Å². The normalized spacial score (nSPS) is 16.8. The molecule has 1 N–H and O–H groups in total. The lowest BCUT2D eigenvalue weighted by molar-refractivity contribution is 0.480. The van der Waals surface area contributed by atoms with Gasteiger partial charge in [0.1, 0.15) is 0 Å². The molecule has 0 saturated carbocycles. The molecule has 21 heavy (non-hydrogen) atoms. The Balaban J connectivity index is 2.04. The van der Waals surface area contributed by atoms with Gasteiger partial charge in [0.15, 0.2) is 0 Å². The number of hydrogen-bond donors (Lipinski definition) is 1. The van der Waals surface area contributed by atoms with Crippen LogP contribution in [0.25, 0.3) is 0 Å². The van der Waals surface area contributed by atoms with Crippen LogP contribution in [0.2, 0.25) is 0 Å². The summed E-state index contributed by atoms with van der Waals surface area (Å²) >= 11 is 0. The SMILES string of the molecule is CCCCCCCCCCCC(NCC)C1=CCCCC1. The van der Waals surface area contributed by atoms with E-state index in [0.717, 1.165) is 6.54 Å². The first-order valence-corrected chi connectivity index (χ1v) is 9.80. The Morgan fingerprint density at radius 2 is 1.57 bits per heavy atom. The summed E-state index contributed by atoms with van der Waals surface area (Å²) in [6.07, 6.45) is 22.3. The zero-order valence-electron chi connectivity index (χ0n) is 14.8. The summed E-state index contributed by atoms with van der Waals surface area (Å²) in [5, 5.41) is 3.71. The fourth-order valence-electron chi connectivity index (χ4n) is 3.50. The quantitative estimate of drug-likeness (QED) is 0.306. The summed E-state index contributed by atoms with van der Waals surface area (Å²) in [5.74, 6) is 0. The van der Waals surface area contributed by atoms with Crippen molar-refractivity contribution in [1.29, 1.82) is 0 Å². The van der Waals surface area contributed by atoms with E-state index in [1.54, 1.807) is 5.57 Å². The van der Waals surface area contributed by atoms with Crippen molar-refractivity contribution in [3.63, 3.8) is 0 Å². The third-order valence-electron chi connectivity index (χ3n) is 4.82. The largest absolute Gasteiger partial charge is 0.311 e. The molecule has 1 heteroatoms. The maximum atomic E-state index is 3.71. The molecule has 1 aliphatic rings. The molecule has 1 atom stereocenters.